The number of nitrogens with one attached hydrogen (secondary N) is 1. The Hall–Kier alpha value is -2.69. The van der Waals surface area contributed by atoms with Gasteiger partial charge >= 0.3 is 0 Å². The van der Waals surface area contributed by atoms with E-state index in [1.165, 1.54) is 0 Å². The number of carbonyl (C=O) groups excluding carboxylic acids is 1. The third-order valence-electron chi connectivity index (χ3n) is 3.89. The zero-order chi connectivity index (χ0) is 17.7. The summed E-state index contributed by atoms with van der Waals surface area (Å²) in [6, 6.07) is 11.0. The molecule has 0 heterocycles. The first-order chi connectivity index (χ1) is 11.5. The lowest BCUT2D eigenvalue weighted by Crippen LogP contribution is -2.30. The number of methoxy groups -OCH3 is 2. The Kier molecular flexibility index (Phi) is 5.68. The Morgan fingerprint density at radius 1 is 1.04 bits per heavy atom. The predicted molar refractivity (Wildman–Crippen MR) is 94.2 cm³/mol. The van der Waals surface area contributed by atoms with Crippen LogP contribution in [-0.2, 0) is 4.79 Å². The van der Waals surface area contributed by atoms with Crippen LogP contribution in [-0.4, -0.2) is 26.2 Å². The number of hydrogen-bond acceptors (Lipinski definition) is 4. The molecule has 5 nitrogen and oxygen atoms in total. The first-order valence-electron chi connectivity index (χ1n) is 7.72. The quantitative estimate of drug-likeness (QED) is 0.877. The fourth-order valence-electron chi connectivity index (χ4n) is 2.24. The maximum atomic E-state index is 12.4. The molecule has 2 aromatic carbocycles. The summed E-state index contributed by atoms with van der Waals surface area (Å²) in [5.74, 6) is 1.63. The minimum Gasteiger partial charge on any atom is -0.497 e. The molecule has 0 saturated carbocycles. The van der Waals surface area contributed by atoms with E-state index in [1.807, 2.05) is 32.0 Å². The highest BCUT2D eigenvalue weighted by molar-refractivity contribution is 5.95. The minimum atomic E-state index is -0.651. The lowest BCUT2D eigenvalue weighted by molar-refractivity contribution is -0.122. The molecule has 0 radical (unpaired) electrons. The van der Waals surface area contributed by atoms with Crippen LogP contribution in [0.15, 0.2) is 36.4 Å². The largest absolute Gasteiger partial charge is 0.497 e. The van der Waals surface area contributed by atoms with Crippen molar-refractivity contribution in [2.45, 2.75) is 26.9 Å². The molecule has 2 rings (SSSR count). The average molecular weight is 329 g/mol. The van der Waals surface area contributed by atoms with E-state index in [0.717, 1.165) is 11.1 Å². The summed E-state index contributed by atoms with van der Waals surface area (Å²) in [7, 11) is 3.12. The van der Waals surface area contributed by atoms with Crippen LogP contribution in [0.5, 0.6) is 17.2 Å². The van der Waals surface area contributed by atoms with Gasteiger partial charge in [-0.05, 0) is 50.1 Å². The molecule has 128 valence electrons. The van der Waals surface area contributed by atoms with Gasteiger partial charge in [0.1, 0.15) is 17.2 Å². The van der Waals surface area contributed by atoms with Crippen LogP contribution in [0.25, 0.3) is 0 Å². The molecule has 0 unspecified atom stereocenters. The summed E-state index contributed by atoms with van der Waals surface area (Å²) >= 11 is 0. The molecule has 0 aliphatic carbocycles. The lowest BCUT2D eigenvalue weighted by atomic mass is 10.1. The van der Waals surface area contributed by atoms with Gasteiger partial charge in [-0.2, -0.15) is 0 Å². The van der Waals surface area contributed by atoms with Crippen molar-refractivity contribution in [1.82, 2.24) is 0 Å². The smallest absolute Gasteiger partial charge is 0.265 e. The Morgan fingerprint density at radius 2 is 1.79 bits per heavy atom. The van der Waals surface area contributed by atoms with Gasteiger partial charge < -0.3 is 19.5 Å². The van der Waals surface area contributed by atoms with Crippen molar-refractivity contribution in [1.29, 1.82) is 0 Å². The van der Waals surface area contributed by atoms with Crippen molar-refractivity contribution in [2.24, 2.45) is 0 Å². The van der Waals surface area contributed by atoms with Gasteiger partial charge in [0, 0.05) is 6.07 Å². The number of hydrogen-bond donors (Lipinski definition) is 1. The van der Waals surface area contributed by atoms with Gasteiger partial charge in [0.2, 0.25) is 0 Å². The minimum absolute atomic E-state index is 0.262. The van der Waals surface area contributed by atoms with Gasteiger partial charge in [-0.3, -0.25) is 4.79 Å². The summed E-state index contributed by atoms with van der Waals surface area (Å²) in [4.78, 5) is 12.4. The zero-order valence-corrected chi connectivity index (χ0v) is 14.7. The van der Waals surface area contributed by atoms with Crippen LogP contribution in [0.4, 0.5) is 5.69 Å². The van der Waals surface area contributed by atoms with Gasteiger partial charge in [-0.25, -0.2) is 0 Å². The fourth-order valence-corrected chi connectivity index (χ4v) is 2.24. The molecule has 5 heteroatoms. The molecule has 24 heavy (non-hydrogen) atoms. The third kappa shape index (κ3) is 3.98. The normalized spacial score (nSPS) is 11.5. The average Bonchev–Trinajstić information content (AvgIpc) is 2.58. The highest BCUT2D eigenvalue weighted by Crippen LogP contribution is 2.29. The molecule has 2 aromatic rings. The standard InChI is InChI=1S/C19H23NO4/c1-12-7-6-8-17(13(12)2)24-14(3)19(21)20-16-11-15(22-4)9-10-18(16)23-5/h6-11,14H,1-5H3,(H,20,21)/t14-/m1/s1. The van der Waals surface area contributed by atoms with Crippen molar-refractivity contribution in [3.05, 3.63) is 47.5 Å². The van der Waals surface area contributed by atoms with Crippen LogP contribution < -0.4 is 19.5 Å². The summed E-state index contributed by atoms with van der Waals surface area (Å²) in [6.45, 7) is 5.69. The number of rotatable bonds is 6. The molecule has 0 aromatic heterocycles. The van der Waals surface area contributed by atoms with E-state index in [-0.39, 0.29) is 5.91 Å². The monoisotopic (exact) mass is 329 g/mol. The first-order valence-corrected chi connectivity index (χ1v) is 7.72. The third-order valence-corrected chi connectivity index (χ3v) is 3.89. The molecule has 0 aliphatic rings. The molecule has 0 fully saturated rings. The SMILES string of the molecule is COc1ccc(OC)c(NC(=O)[C@@H](C)Oc2cccc(C)c2C)c1. The van der Waals surface area contributed by atoms with Crippen LogP contribution >= 0.6 is 0 Å². The highest BCUT2D eigenvalue weighted by Gasteiger charge is 2.18. The van der Waals surface area contributed by atoms with E-state index in [4.69, 9.17) is 14.2 Å². The van der Waals surface area contributed by atoms with Crippen LogP contribution in [0, 0.1) is 13.8 Å². The fraction of sp³-hybridized carbons (Fsp3) is 0.316. The van der Waals surface area contributed by atoms with Crippen LogP contribution in [0.3, 0.4) is 0 Å². The Bertz CT molecular complexity index is 727. The van der Waals surface area contributed by atoms with Crippen molar-refractivity contribution in [2.75, 3.05) is 19.5 Å². The highest BCUT2D eigenvalue weighted by atomic mass is 16.5. The second-order valence-electron chi connectivity index (χ2n) is 5.51. The van der Waals surface area contributed by atoms with Crippen molar-refractivity contribution >= 4 is 11.6 Å². The number of aryl methyl sites for hydroxylation is 1. The molecule has 0 aliphatic heterocycles. The molecular formula is C19H23NO4. The van der Waals surface area contributed by atoms with E-state index in [9.17, 15) is 4.79 Å². The van der Waals surface area contributed by atoms with Crippen molar-refractivity contribution in [3.63, 3.8) is 0 Å². The summed E-state index contributed by atoms with van der Waals surface area (Å²) in [5, 5.41) is 2.82. The Labute approximate surface area is 142 Å². The van der Waals surface area contributed by atoms with E-state index < -0.39 is 6.10 Å². The molecular weight excluding hydrogens is 306 g/mol. The summed E-state index contributed by atoms with van der Waals surface area (Å²) < 4.78 is 16.3. The van der Waals surface area contributed by atoms with Crippen LogP contribution in [0.1, 0.15) is 18.1 Å². The number of benzene rings is 2. The van der Waals surface area contributed by atoms with E-state index >= 15 is 0 Å². The topological polar surface area (TPSA) is 56.8 Å². The second kappa shape index (κ2) is 7.73. The molecule has 1 amide bonds. The van der Waals surface area contributed by atoms with Crippen molar-refractivity contribution in [3.8, 4) is 17.2 Å². The maximum absolute atomic E-state index is 12.4. The Morgan fingerprint density at radius 3 is 2.46 bits per heavy atom. The maximum Gasteiger partial charge on any atom is 0.265 e. The van der Waals surface area contributed by atoms with Gasteiger partial charge in [0.05, 0.1) is 19.9 Å². The lowest BCUT2D eigenvalue weighted by Gasteiger charge is -2.18. The molecule has 1 atom stereocenters. The van der Waals surface area contributed by atoms with Gasteiger partial charge in [0.25, 0.3) is 5.91 Å². The number of anilines is 1. The van der Waals surface area contributed by atoms with Crippen LogP contribution in [0.2, 0.25) is 0 Å². The van der Waals surface area contributed by atoms with Gasteiger partial charge in [-0.1, -0.05) is 12.1 Å². The number of amides is 1. The molecule has 0 bridgehead atoms. The number of ether oxygens (including phenoxy) is 3. The summed E-state index contributed by atoms with van der Waals surface area (Å²) in [5.41, 5.74) is 2.68. The number of carbonyl (C=O) groups is 1. The Balaban J connectivity index is 2.13. The summed E-state index contributed by atoms with van der Waals surface area (Å²) in [6.07, 6.45) is -0.651. The predicted octanol–water partition coefficient (Wildman–Crippen LogP) is 3.73. The van der Waals surface area contributed by atoms with E-state index in [1.54, 1.807) is 39.3 Å². The van der Waals surface area contributed by atoms with Gasteiger partial charge in [0.15, 0.2) is 6.10 Å². The molecule has 1 N–H and O–H groups in total. The van der Waals surface area contributed by atoms with E-state index in [2.05, 4.69) is 5.32 Å². The zero-order valence-electron chi connectivity index (χ0n) is 14.7. The first kappa shape index (κ1) is 17.7. The molecule has 0 saturated heterocycles. The van der Waals surface area contributed by atoms with E-state index in [0.29, 0.717) is 22.9 Å². The van der Waals surface area contributed by atoms with Gasteiger partial charge in [-0.15, -0.1) is 0 Å². The van der Waals surface area contributed by atoms with Crippen molar-refractivity contribution < 1.29 is 19.0 Å². The second-order valence-corrected chi connectivity index (χ2v) is 5.51. The molecule has 0 spiro atoms.